The molecule has 0 atom stereocenters. The summed E-state index contributed by atoms with van der Waals surface area (Å²) >= 11 is 1.25. The largest absolute Gasteiger partial charge is 0.493 e. The van der Waals surface area contributed by atoms with E-state index in [1.165, 1.54) is 22.5 Å². The van der Waals surface area contributed by atoms with Gasteiger partial charge in [-0.1, -0.05) is 23.5 Å². The fourth-order valence-electron chi connectivity index (χ4n) is 2.10. The van der Waals surface area contributed by atoms with Crippen molar-refractivity contribution in [3.63, 3.8) is 0 Å². The van der Waals surface area contributed by atoms with Crippen molar-refractivity contribution in [3.05, 3.63) is 50.6 Å². The van der Waals surface area contributed by atoms with E-state index in [1.54, 1.807) is 4.57 Å². The van der Waals surface area contributed by atoms with Gasteiger partial charge in [-0.3, -0.25) is 4.79 Å². The number of ether oxygens (including phenoxy) is 1. The van der Waals surface area contributed by atoms with E-state index in [-0.39, 0.29) is 4.87 Å². The third-order valence-corrected chi connectivity index (χ3v) is 3.73. The van der Waals surface area contributed by atoms with E-state index in [4.69, 9.17) is 4.74 Å². The summed E-state index contributed by atoms with van der Waals surface area (Å²) in [4.78, 5) is 11.5. The Morgan fingerprint density at radius 1 is 1.41 bits per heavy atom. The SMILES string of the molecule is O=c1sccn1CCc1ccc2c(c1)CCO2. The number of hydrogen-bond acceptors (Lipinski definition) is 3. The number of thiazole rings is 1. The first-order chi connectivity index (χ1) is 8.33. The van der Waals surface area contributed by atoms with E-state index in [9.17, 15) is 4.79 Å². The van der Waals surface area contributed by atoms with Crippen LogP contribution in [0, 0.1) is 0 Å². The highest BCUT2D eigenvalue weighted by Gasteiger charge is 2.11. The molecule has 0 aliphatic carbocycles. The Labute approximate surface area is 103 Å². The van der Waals surface area contributed by atoms with Crippen LogP contribution >= 0.6 is 11.3 Å². The molecule has 17 heavy (non-hydrogen) atoms. The zero-order chi connectivity index (χ0) is 11.7. The first-order valence-corrected chi connectivity index (χ1v) is 6.59. The molecule has 1 aliphatic heterocycles. The molecule has 0 saturated heterocycles. The van der Waals surface area contributed by atoms with Gasteiger partial charge in [-0.05, 0) is 23.6 Å². The molecular weight excluding hydrogens is 234 g/mol. The summed E-state index contributed by atoms with van der Waals surface area (Å²) < 4.78 is 7.23. The maximum absolute atomic E-state index is 11.4. The van der Waals surface area contributed by atoms with Crippen LogP contribution in [0.25, 0.3) is 0 Å². The molecule has 0 unspecified atom stereocenters. The minimum atomic E-state index is 0.120. The van der Waals surface area contributed by atoms with Crippen LogP contribution in [0.1, 0.15) is 11.1 Å². The van der Waals surface area contributed by atoms with Crippen LogP contribution in [0.5, 0.6) is 5.75 Å². The van der Waals surface area contributed by atoms with Gasteiger partial charge in [0.15, 0.2) is 0 Å². The number of benzene rings is 1. The van der Waals surface area contributed by atoms with E-state index in [0.29, 0.717) is 0 Å². The molecule has 0 radical (unpaired) electrons. The number of aryl methyl sites for hydroxylation is 2. The second-order valence-electron chi connectivity index (χ2n) is 4.15. The van der Waals surface area contributed by atoms with Gasteiger partial charge in [-0.15, -0.1) is 0 Å². The molecule has 0 amide bonds. The topological polar surface area (TPSA) is 31.2 Å². The minimum absolute atomic E-state index is 0.120. The molecule has 1 aromatic carbocycles. The van der Waals surface area contributed by atoms with Crippen molar-refractivity contribution in [2.24, 2.45) is 0 Å². The Balaban J connectivity index is 1.74. The monoisotopic (exact) mass is 247 g/mol. The molecule has 3 rings (SSSR count). The molecule has 88 valence electrons. The molecule has 2 heterocycles. The van der Waals surface area contributed by atoms with Gasteiger partial charge < -0.3 is 9.30 Å². The van der Waals surface area contributed by atoms with Gasteiger partial charge in [0, 0.05) is 24.5 Å². The van der Waals surface area contributed by atoms with Gasteiger partial charge >= 0.3 is 4.87 Å². The highest BCUT2D eigenvalue weighted by Crippen LogP contribution is 2.26. The molecule has 0 saturated carbocycles. The fourth-order valence-corrected chi connectivity index (χ4v) is 2.71. The summed E-state index contributed by atoms with van der Waals surface area (Å²) in [6.45, 7) is 1.55. The normalized spacial score (nSPS) is 13.4. The van der Waals surface area contributed by atoms with Crippen LogP contribution < -0.4 is 9.61 Å². The van der Waals surface area contributed by atoms with Gasteiger partial charge in [0.2, 0.25) is 0 Å². The minimum Gasteiger partial charge on any atom is -0.493 e. The summed E-state index contributed by atoms with van der Waals surface area (Å²) in [6, 6.07) is 6.31. The van der Waals surface area contributed by atoms with E-state index in [2.05, 4.69) is 12.1 Å². The molecule has 2 aromatic rings. The fraction of sp³-hybridized carbons (Fsp3) is 0.308. The van der Waals surface area contributed by atoms with Crippen molar-refractivity contribution >= 4 is 11.3 Å². The lowest BCUT2D eigenvalue weighted by molar-refractivity contribution is 0.357. The molecule has 3 nitrogen and oxygen atoms in total. The third-order valence-electron chi connectivity index (χ3n) is 3.04. The van der Waals surface area contributed by atoms with E-state index in [0.717, 1.165) is 31.7 Å². The Bertz CT molecular complexity index is 585. The lowest BCUT2D eigenvalue weighted by Gasteiger charge is -2.04. The van der Waals surface area contributed by atoms with Crippen LogP contribution in [0.2, 0.25) is 0 Å². The van der Waals surface area contributed by atoms with Crippen molar-refractivity contribution in [2.45, 2.75) is 19.4 Å². The zero-order valence-corrected chi connectivity index (χ0v) is 10.2. The second kappa shape index (κ2) is 4.37. The molecule has 4 heteroatoms. The maximum atomic E-state index is 11.4. The number of fused-ring (bicyclic) bond motifs is 1. The Kier molecular flexibility index (Phi) is 2.73. The van der Waals surface area contributed by atoms with E-state index >= 15 is 0 Å². The average Bonchev–Trinajstić information content (AvgIpc) is 2.94. The summed E-state index contributed by atoms with van der Waals surface area (Å²) in [6.07, 6.45) is 3.75. The van der Waals surface area contributed by atoms with Crippen LogP contribution in [0.4, 0.5) is 0 Å². The van der Waals surface area contributed by atoms with Crippen molar-refractivity contribution in [1.29, 1.82) is 0 Å². The Morgan fingerprint density at radius 2 is 2.35 bits per heavy atom. The van der Waals surface area contributed by atoms with Gasteiger partial charge in [0.1, 0.15) is 5.75 Å². The van der Waals surface area contributed by atoms with E-state index < -0.39 is 0 Å². The van der Waals surface area contributed by atoms with Gasteiger partial charge in [0.25, 0.3) is 0 Å². The lowest BCUT2D eigenvalue weighted by Crippen LogP contribution is -2.13. The first-order valence-electron chi connectivity index (χ1n) is 5.71. The van der Waals surface area contributed by atoms with Gasteiger partial charge in [-0.2, -0.15) is 0 Å². The lowest BCUT2D eigenvalue weighted by atomic mass is 10.1. The zero-order valence-electron chi connectivity index (χ0n) is 9.39. The molecule has 0 spiro atoms. The van der Waals surface area contributed by atoms with Crippen LogP contribution in [-0.4, -0.2) is 11.2 Å². The summed E-state index contributed by atoms with van der Waals surface area (Å²) in [5.74, 6) is 1.02. The quantitative estimate of drug-likeness (QED) is 0.831. The number of nitrogens with zero attached hydrogens (tertiary/aromatic N) is 1. The number of rotatable bonds is 3. The highest BCUT2D eigenvalue weighted by molar-refractivity contribution is 7.07. The van der Waals surface area contributed by atoms with Crippen LogP contribution in [-0.2, 0) is 19.4 Å². The van der Waals surface area contributed by atoms with Crippen molar-refractivity contribution in [2.75, 3.05) is 6.61 Å². The molecule has 0 bridgehead atoms. The summed E-state index contributed by atoms with van der Waals surface area (Å²) in [5.41, 5.74) is 2.56. The average molecular weight is 247 g/mol. The van der Waals surface area contributed by atoms with Gasteiger partial charge in [-0.25, -0.2) is 0 Å². The second-order valence-corrected chi connectivity index (χ2v) is 5.01. The molecule has 1 aliphatic rings. The van der Waals surface area contributed by atoms with Crippen molar-refractivity contribution in [3.8, 4) is 5.75 Å². The van der Waals surface area contributed by atoms with Crippen molar-refractivity contribution < 1.29 is 4.74 Å². The van der Waals surface area contributed by atoms with Crippen LogP contribution in [0.15, 0.2) is 34.6 Å². The predicted octanol–water partition coefficient (Wildman–Crippen LogP) is 2.09. The Hall–Kier alpha value is -1.55. The Morgan fingerprint density at radius 3 is 3.18 bits per heavy atom. The molecule has 0 fully saturated rings. The smallest absolute Gasteiger partial charge is 0.307 e. The van der Waals surface area contributed by atoms with Gasteiger partial charge in [0.05, 0.1) is 6.61 Å². The number of hydrogen-bond donors (Lipinski definition) is 0. The number of aromatic nitrogens is 1. The molecule has 1 aromatic heterocycles. The summed E-state index contributed by atoms with van der Waals surface area (Å²) in [5, 5.41) is 1.83. The molecule has 0 N–H and O–H groups in total. The molecular formula is C13H13NO2S. The third kappa shape index (κ3) is 2.13. The summed E-state index contributed by atoms with van der Waals surface area (Å²) in [7, 11) is 0. The van der Waals surface area contributed by atoms with Crippen molar-refractivity contribution in [1.82, 2.24) is 4.57 Å². The predicted molar refractivity (Wildman–Crippen MR) is 67.9 cm³/mol. The first kappa shape index (κ1) is 10.6. The maximum Gasteiger partial charge on any atom is 0.307 e. The van der Waals surface area contributed by atoms with E-state index in [1.807, 2.05) is 17.6 Å². The standard InChI is InChI=1S/C13H13NO2S/c15-13-14(6-8-17-13)5-3-10-1-2-12-11(9-10)4-7-16-12/h1-2,6,8-9H,3-5,7H2. The highest BCUT2D eigenvalue weighted by atomic mass is 32.1. The van der Waals surface area contributed by atoms with Crippen LogP contribution in [0.3, 0.4) is 0 Å².